The SMILES string of the molecule is Cn1cnc(-c2cc(F)cc(Cl)c2)n1. The first-order valence-electron chi connectivity index (χ1n) is 3.97. The molecule has 0 radical (unpaired) electrons. The van der Waals surface area contributed by atoms with Crippen molar-refractivity contribution in [3.05, 3.63) is 35.4 Å². The number of rotatable bonds is 1. The van der Waals surface area contributed by atoms with E-state index in [9.17, 15) is 4.39 Å². The van der Waals surface area contributed by atoms with Gasteiger partial charge in [0.05, 0.1) is 0 Å². The molecule has 0 amide bonds. The van der Waals surface area contributed by atoms with Gasteiger partial charge in [0.1, 0.15) is 12.1 Å². The van der Waals surface area contributed by atoms with E-state index in [1.165, 1.54) is 12.1 Å². The van der Waals surface area contributed by atoms with Crippen molar-refractivity contribution < 1.29 is 4.39 Å². The van der Waals surface area contributed by atoms with Gasteiger partial charge in [-0.1, -0.05) is 11.6 Å². The van der Waals surface area contributed by atoms with Crippen LogP contribution in [0.15, 0.2) is 24.5 Å². The number of halogens is 2. The van der Waals surface area contributed by atoms with Crippen LogP contribution >= 0.6 is 11.6 Å². The largest absolute Gasteiger partial charge is 0.255 e. The second-order valence-electron chi connectivity index (χ2n) is 2.90. The summed E-state index contributed by atoms with van der Waals surface area (Å²) < 4.78 is 14.5. The fourth-order valence-corrected chi connectivity index (χ4v) is 1.38. The maximum atomic E-state index is 13.0. The van der Waals surface area contributed by atoms with Gasteiger partial charge in [-0.3, -0.25) is 4.68 Å². The standard InChI is InChI=1S/C9H7ClFN3/c1-14-5-12-9(13-14)6-2-7(10)4-8(11)3-6/h2-5H,1H3. The Morgan fingerprint density at radius 3 is 2.71 bits per heavy atom. The van der Waals surface area contributed by atoms with Crippen molar-refractivity contribution in [2.75, 3.05) is 0 Å². The maximum Gasteiger partial charge on any atom is 0.181 e. The van der Waals surface area contributed by atoms with Crippen LogP contribution in [0.2, 0.25) is 5.02 Å². The third-order valence-corrected chi connectivity index (χ3v) is 1.94. The Kier molecular flexibility index (Phi) is 2.21. The predicted octanol–water partition coefficient (Wildman–Crippen LogP) is 2.27. The summed E-state index contributed by atoms with van der Waals surface area (Å²) in [4.78, 5) is 3.99. The molecule has 1 heterocycles. The van der Waals surface area contributed by atoms with Crippen molar-refractivity contribution in [3.8, 4) is 11.4 Å². The van der Waals surface area contributed by atoms with Gasteiger partial charge in [-0.05, 0) is 18.2 Å². The molecule has 1 aromatic heterocycles. The lowest BCUT2D eigenvalue weighted by molar-refractivity contribution is 0.628. The van der Waals surface area contributed by atoms with Crippen LogP contribution in [0.25, 0.3) is 11.4 Å². The summed E-state index contributed by atoms with van der Waals surface area (Å²) >= 11 is 5.70. The van der Waals surface area contributed by atoms with Crippen molar-refractivity contribution in [3.63, 3.8) is 0 Å². The lowest BCUT2D eigenvalue weighted by Gasteiger charge is -1.96. The number of aromatic nitrogens is 3. The van der Waals surface area contributed by atoms with Crippen LogP contribution in [0.4, 0.5) is 4.39 Å². The van der Waals surface area contributed by atoms with Crippen LogP contribution < -0.4 is 0 Å². The molecule has 0 fully saturated rings. The molecule has 5 heteroatoms. The summed E-state index contributed by atoms with van der Waals surface area (Å²) in [7, 11) is 1.75. The van der Waals surface area contributed by atoms with E-state index in [0.717, 1.165) is 0 Å². The lowest BCUT2D eigenvalue weighted by Crippen LogP contribution is -1.88. The topological polar surface area (TPSA) is 30.7 Å². The van der Waals surface area contributed by atoms with E-state index >= 15 is 0 Å². The predicted molar refractivity (Wildman–Crippen MR) is 51.4 cm³/mol. The molecule has 0 saturated heterocycles. The van der Waals surface area contributed by atoms with Gasteiger partial charge in [-0.2, -0.15) is 5.10 Å². The van der Waals surface area contributed by atoms with E-state index in [2.05, 4.69) is 10.1 Å². The summed E-state index contributed by atoms with van der Waals surface area (Å²) in [5, 5.41) is 4.38. The van der Waals surface area contributed by atoms with Crippen molar-refractivity contribution in [2.24, 2.45) is 7.05 Å². The monoisotopic (exact) mass is 211 g/mol. The van der Waals surface area contributed by atoms with Gasteiger partial charge >= 0.3 is 0 Å². The zero-order valence-corrected chi connectivity index (χ0v) is 8.16. The third-order valence-electron chi connectivity index (χ3n) is 1.72. The van der Waals surface area contributed by atoms with Gasteiger partial charge in [-0.15, -0.1) is 0 Å². The highest BCUT2D eigenvalue weighted by Gasteiger charge is 2.05. The van der Waals surface area contributed by atoms with E-state index < -0.39 is 0 Å². The molecule has 0 bridgehead atoms. The Morgan fingerprint density at radius 1 is 1.36 bits per heavy atom. The van der Waals surface area contributed by atoms with Crippen LogP contribution in [-0.2, 0) is 7.05 Å². The smallest absolute Gasteiger partial charge is 0.181 e. The third kappa shape index (κ3) is 1.75. The fourth-order valence-electron chi connectivity index (χ4n) is 1.15. The van der Waals surface area contributed by atoms with Crippen molar-refractivity contribution in [1.82, 2.24) is 14.8 Å². The average Bonchev–Trinajstić information content (AvgIpc) is 2.50. The quantitative estimate of drug-likeness (QED) is 0.725. The fraction of sp³-hybridized carbons (Fsp3) is 0.111. The Morgan fingerprint density at radius 2 is 2.14 bits per heavy atom. The molecule has 72 valence electrons. The van der Waals surface area contributed by atoms with E-state index in [4.69, 9.17) is 11.6 Å². The molecule has 0 aliphatic heterocycles. The second kappa shape index (κ2) is 3.38. The number of nitrogens with zero attached hydrogens (tertiary/aromatic N) is 3. The Hall–Kier alpha value is -1.42. The number of hydrogen-bond acceptors (Lipinski definition) is 2. The summed E-state index contributed by atoms with van der Waals surface area (Å²) in [6, 6.07) is 4.22. The van der Waals surface area contributed by atoms with Crippen LogP contribution in [-0.4, -0.2) is 14.8 Å². The molecular weight excluding hydrogens is 205 g/mol. The first-order chi connectivity index (χ1) is 6.65. The molecule has 0 N–H and O–H groups in total. The molecule has 0 saturated carbocycles. The Bertz CT molecular complexity index is 447. The van der Waals surface area contributed by atoms with Crippen LogP contribution in [0.3, 0.4) is 0 Å². The minimum absolute atomic E-state index is 0.340. The van der Waals surface area contributed by atoms with E-state index in [0.29, 0.717) is 16.4 Å². The van der Waals surface area contributed by atoms with Crippen molar-refractivity contribution in [1.29, 1.82) is 0 Å². The number of aryl methyl sites for hydroxylation is 1. The lowest BCUT2D eigenvalue weighted by atomic mass is 10.2. The van der Waals surface area contributed by atoms with E-state index in [1.54, 1.807) is 24.1 Å². The Labute approximate surface area is 85.1 Å². The maximum absolute atomic E-state index is 13.0. The van der Waals surface area contributed by atoms with Gasteiger partial charge in [0.25, 0.3) is 0 Å². The molecule has 14 heavy (non-hydrogen) atoms. The van der Waals surface area contributed by atoms with Crippen LogP contribution in [0.5, 0.6) is 0 Å². The molecule has 1 aromatic carbocycles. The highest BCUT2D eigenvalue weighted by molar-refractivity contribution is 6.30. The molecule has 0 unspecified atom stereocenters. The molecule has 0 atom stereocenters. The molecule has 0 aliphatic carbocycles. The van der Waals surface area contributed by atoms with Gasteiger partial charge in [0, 0.05) is 17.6 Å². The summed E-state index contributed by atoms with van der Waals surface area (Å²) in [5.41, 5.74) is 0.579. The first-order valence-corrected chi connectivity index (χ1v) is 4.35. The normalized spacial score (nSPS) is 10.5. The summed E-state index contributed by atoms with van der Waals surface area (Å²) in [5.74, 6) is 0.0776. The molecule has 3 nitrogen and oxygen atoms in total. The van der Waals surface area contributed by atoms with E-state index in [1.807, 2.05) is 0 Å². The highest BCUT2D eigenvalue weighted by atomic mass is 35.5. The van der Waals surface area contributed by atoms with E-state index in [-0.39, 0.29) is 5.82 Å². The Balaban J connectivity index is 2.51. The van der Waals surface area contributed by atoms with Gasteiger partial charge in [-0.25, -0.2) is 9.37 Å². The number of hydrogen-bond donors (Lipinski definition) is 0. The zero-order valence-electron chi connectivity index (χ0n) is 7.41. The van der Waals surface area contributed by atoms with Crippen LogP contribution in [0.1, 0.15) is 0 Å². The average molecular weight is 212 g/mol. The van der Waals surface area contributed by atoms with Gasteiger partial charge in [0.15, 0.2) is 5.82 Å². The first kappa shape index (κ1) is 9.15. The number of benzene rings is 1. The minimum atomic E-state index is -0.389. The van der Waals surface area contributed by atoms with Crippen LogP contribution in [0, 0.1) is 5.82 Å². The molecule has 2 rings (SSSR count). The highest BCUT2D eigenvalue weighted by Crippen LogP contribution is 2.20. The summed E-state index contributed by atoms with van der Waals surface area (Å²) in [6.45, 7) is 0. The second-order valence-corrected chi connectivity index (χ2v) is 3.34. The van der Waals surface area contributed by atoms with Gasteiger partial charge in [0.2, 0.25) is 0 Å². The van der Waals surface area contributed by atoms with Crippen molar-refractivity contribution >= 4 is 11.6 Å². The molecular formula is C9H7ClFN3. The van der Waals surface area contributed by atoms with Gasteiger partial charge < -0.3 is 0 Å². The minimum Gasteiger partial charge on any atom is -0.255 e. The van der Waals surface area contributed by atoms with Crippen molar-refractivity contribution in [2.45, 2.75) is 0 Å². The summed E-state index contributed by atoms with van der Waals surface area (Å²) in [6.07, 6.45) is 1.55. The zero-order chi connectivity index (χ0) is 10.1. The molecule has 0 aliphatic rings. The molecule has 2 aromatic rings. The molecule has 0 spiro atoms.